The molecular weight excluding hydrogens is 239 g/mol. The van der Waals surface area contributed by atoms with Crippen LogP contribution in [0.4, 0.5) is 4.39 Å². The van der Waals surface area contributed by atoms with Gasteiger partial charge in [0, 0.05) is 5.70 Å². The van der Waals surface area contributed by atoms with E-state index in [1.54, 1.807) is 30.3 Å². The van der Waals surface area contributed by atoms with E-state index in [4.69, 9.17) is 22.6 Å². The monoisotopic (exact) mass is 248 g/mol. The van der Waals surface area contributed by atoms with Crippen LogP contribution >= 0.6 is 11.6 Å². The highest BCUT2D eigenvalue weighted by atomic mass is 35.5. The number of halogens is 2. The van der Waals surface area contributed by atoms with E-state index in [9.17, 15) is 4.39 Å². The number of nitrogens with zero attached hydrogens (tertiary/aromatic N) is 1. The van der Waals surface area contributed by atoms with Gasteiger partial charge in [-0.15, -0.1) is 0 Å². The number of benzene rings is 1. The lowest BCUT2D eigenvalue weighted by molar-refractivity contribution is 0.277. The molecule has 0 saturated heterocycles. The second-order valence-corrected chi connectivity index (χ2v) is 4.29. The molecule has 1 aliphatic rings. The van der Waals surface area contributed by atoms with Crippen molar-refractivity contribution in [3.8, 4) is 6.07 Å². The van der Waals surface area contributed by atoms with Gasteiger partial charge in [-0.1, -0.05) is 41.9 Å². The van der Waals surface area contributed by atoms with Gasteiger partial charge in [0.1, 0.15) is 6.07 Å². The molecule has 0 aliphatic heterocycles. The maximum atomic E-state index is 14.5. The van der Waals surface area contributed by atoms with E-state index in [0.717, 1.165) is 6.08 Å². The van der Waals surface area contributed by atoms with Crippen LogP contribution in [0.2, 0.25) is 0 Å². The highest BCUT2D eigenvalue weighted by Gasteiger charge is 2.40. The van der Waals surface area contributed by atoms with Crippen LogP contribution in [-0.4, -0.2) is 5.67 Å². The molecule has 0 amide bonds. The molecule has 2 atom stereocenters. The minimum Gasteiger partial charge on any atom is -0.398 e. The molecule has 0 fully saturated rings. The van der Waals surface area contributed by atoms with Crippen LogP contribution in [0.15, 0.2) is 53.2 Å². The Hall–Kier alpha value is -1.79. The molecule has 0 heterocycles. The zero-order valence-corrected chi connectivity index (χ0v) is 9.66. The van der Waals surface area contributed by atoms with Crippen LogP contribution in [0, 0.1) is 11.3 Å². The van der Waals surface area contributed by atoms with Crippen LogP contribution in [0.3, 0.4) is 0 Å². The first-order valence-corrected chi connectivity index (χ1v) is 5.46. The summed E-state index contributed by atoms with van der Waals surface area (Å²) in [5.41, 5.74) is 4.50. The van der Waals surface area contributed by atoms with Crippen molar-refractivity contribution in [2.75, 3.05) is 0 Å². The van der Waals surface area contributed by atoms with Crippen molar-refractivity contribution in [2.24, 2.45) is 5.73 Å². The largest absolute Gasteiger partial charge is 0.398 e. The van der Waals surface area contributed by atoms with Gasteiger partial charge in [0.25, 0.3) is 0 Å². The second kappa shape index (κ2) is 4.23. The zero-order chi connectivity index (χ0) is 12.5. The molecule has 1 aromatic carbocycles. The quantitative estimate of drug-likeness (QED) is 0.831. The van der Waals surface area contributed by atoms with Gasteiger partial charge in [-0.05, 0) is 17.7 Å². The summed E-state index contributed by atoms with van der Waals surface area (Å²) in [6, 6.07) is 10.6. The van der Waals surface area contributed by atoms with E-state index in [2.05, 4.69) is 0 Å². The molecule has 1 aliphatic carbocycles. The fourth-order valence-electron chi connectivity index (χ4n) is 1.84. The molecule has 2 N–H and O–H groups in total. The second-order valence-electron chi connectivity index (χ2n) is 3.88. The van der Waals surface area contributed by atoms with Crippen molar-refractivity contribution in [2.45, 2.75) is 11.6 Å². The van der Waals surface area contributed by atoms with Crippen molar-refractivity contribution in [1.29, 1.82) is 5.26 Å². The van der Waals surface area contributed by atoms with Gasteiger partial charge in [-0.2, -0.15) is 5.26 Å². The molecule has 86 valence electrons. The average molecular weight is 249 g/mol. The van der Waals surface area contributed by atoms with E-state index in [0.29, 0.717) is 11.3 Å². The number of allylic oxidation sites excluding steroid dienone is 3. The smallest absolute Gasteiger partial charge is 0.226 e. The van der Waals surface area contributed by atoms with E-state index in [-0.39, 0.29) is 5.03 Å². The summed E-state index contributed by atoms with van der Waals surface area (Å²) in [4.78, 5) is 0. The normalized spacial score (nSPS) is 27.9. The summed E-state index contributed by atoms with van der Waals surface area (Å²) in [5, 5.41) is 9.07. The van der Waals surface area contributed by atoms with Gasteiger partial charge in [-0.25, -0.2) is 4.39 Å². The Bertz CT molecular complexity index is 530. The van der Waals surface area contributed by atoms with Crippen LogP contribution in [0.25, 0.3) is 0 Å². The fourth-order valence-corrected chi connectivity index (χ4v) is 2.06. The molecule has 0 bridgehead atoms. The number of hydrogen-bond donors (Lipinski definition) is 1. The lowest BCUT2D eigenvalue weighted by Crippen LogP contribution is -2.30. The van der Waals surface area contributed by atoms with Crippen molar-refractivity contribution < 1.29 is 4.39 Å². The van der Waals surface area contributed by atoms with Gasteiger partial charge in [0.15, 0.2) is 0 Å². The number of rotatable bonds is 1. The van der Waals surface area contributed by atoms with Gasteiger partial charge in [0.05, 0.1) is 11.0 Å². The molecule has 0 radical (unpaired) electrons. The molecule has 2 rings (SSSR count). The Morgan fingerprint density at radius 3 is 2.59 bits per heavy atom. The Balaban J connectivity index is 2.51. The average Bonchev–Trinajstić information content (AvgIpc) is 2.35. The summed E-state index contributed by atoms with van der Waals surface area (Å²) in [7, 11) is 0. The fraction of sp³-hybridized carbons (Fsp3) is 0.154. The SMILES string of the molecule is N#CC1(F)C=C(Cl)C(N)=CC1c1ccccc1. The van der Waals surface area contributed by atoms with Crippen LogP contribution in [0.5, 0.6) is 0 Å². The van der Waals surface area contributed by atoms with Crippen LogP contribution in [-0.2, 0) is 0 Å². The first-order valence-electron chi connectivity index (χ1n) is 5.08. The minimum atomic E-state index is -2.15. The van der Waals surface area contributed by atoms with Gasteiger partial charge < -0.3 is 5.73 Å². The van der Waals surface area contributed by atoms with Crippen molar-refractivity contribution in [3.63, 3.8) is 0 Å². The summed E-state index contributed by atoms with van der Waals surface area (Å²) in [6.07, 6.45) is 2.56. The topological polar surface area (TPSA) is 49.8 Å². The number of alkyl halides is 1. The summed E-state index contributed by atoms with van der Waals surface area (Å²) < 4.78 is 14.5. The zero-order valence-electron chi connectivity index (χ0n) is 8.90. The third-order valence-electron chi connectivity index (χ3n) is 2.74. The number of nitriles is 1. The third-order valence-corrected chi connectivity index (χ3v) is 3.07. The van der Waals surface area contributed by atoms with Crippen molar-refractivity contribution in [3.05, 3.63) is 58.8 Å². The predicted octanol–water partition coefficient (Wildman–Crippen LogP) is 2.98. The standard InChI is InChI=1S/C13H10ClFN2/c14-11-7-13(15,8-16)10(6-12(11)17)9-4-2-1-3-5-9/h1-7,10H,17H2. The Labute approximate surface area is 104 Å². The predicted molar refractivity (Wildman–Crippen MR) is 64.8 cm³/mol. The maximum absolute atomic E-state index is 14.5. The molecule has 2 nitrogen and oxygen atoms in total. The highest BCUT2D eigenvalue weighted by Crippen LogP contribution is 2.40. The molecule has 0 aromatic heterocycles. The first-order chi connectivity index (χ1) is 8.07. The van der Waals surface area contributed by atoms with E-state index < -0.39 is 11.6 Å². The van der Waals surface area contributed by atoms with Gasteiger partial charge in [-0.3, -0.25) is 0 Å². The molecule has 0 spiro atoms. The Kier molecular flexibility index (Phi) is 2.91. The molecule has 1 aromatic rings. The summed E-state index contributed by atoms with van der Waals surface area (Å²) in [6.45, 7) is 0. The van der Waals surface area contributed by atoms with Gasteiger partial charge in [0.2, 0.25) is 5.67 Å². The van der Waals surface area contributed by atoms with Crippen molar-refractivity contribution in [1.82, 2.24) is 0 Å². The number of nitrogens with two attached hydrogens (primary N) is 1. The van der Waals surface area contributed by atoms with E-state index >= 15 is 0 Å². The summed E-state index contributed by atoms with van der Waals surface area (Å²) >= 11 is 5.76. The lowest BCUT2D eigenvalue weighted by atomic mass is 9.80. The first kappa shape index (κ1) is 11.7. The van der Waals surface area contributed by atoms with Crippen molar-refractivity contribution >= 4 is 11.6 Å². The van der Waals surface area contributed by atoms with Crippen LogP contribution in [0.1, 0.15) is 11.5 Å². The molecule has 4 heteroatoms. The van der Waals surface area contributed by atoms with E-state index in [1.165, 1.54) is 6.08 Å². The molecule has 17 heavy (non-hydrogen) atoms. The maximum Gasteiger partial charge on any atom is 0.226 e. The van der Waals surface area contributed by atoms with Crippen LogP contribution < -0.4 is 5.73 Å². The third kappa shape index (κ3) is 2.04. The van der Waals surface area contributed by atoms with E-state index in [1.807, 2.05) is 6.07 Å². The molecule has 2 unspecified atom stereocenters. The molecule has 0 saturated carbocycles. The Morgan fingerprint density at radius 1 is 1.35 bits per heavy atom. The lowest BCUT2D eigenvalue weighted by Gasteiger charge is -2.27. The minimum absolute atomic E-state index is 0.0845. The highest BCUT2D eigenvalue weighted by molar-refractivity contribution is 6.32. The summed E-state index contributed by atoms with van der Waals surface area (Å²) in [5.74, 6) is -0.726. The number of hydrogen-bond acceptors (Lipinski definition) is 2. The van der Waals surface area contributed by atoms with Gasteiger partial charge >= 0.3 is 0 Å². The Morgan fingerprint density at radius 2 is 2.00 bits per heavy atom. The molecular formula is C13H10ClFN2.